The Balaban J connectivity index is 1.92. The van der Waals surface area contributed by atoms with Crippen molar-refractivity contribution in [3.63, 3.8) is 0 Å². The Morgan fingerprint density at radius 2 is 2.04 bits per heavy atom. The van der Waals surface area contributed by atoms with Gasteiger partial charge in [0.1, 0.15) is 5.69 Å². The molecule has 0 radical (unpaired) electrons. The first kappa shape index (κ1) is 18.8. The maximum absolute atomic E-state index is 12.9. The van der Waals surface area contributed by atoms with Crippen LogP contribution in [0.5, 0.6) is 0 Å². The fourth-order valence-electron chi connectivity index (χ4n) is 2.47. The van der Waals surface area contributed by atoms with Crippen LogP contribution >= 0.6 is 0 Å². The lowest BCUT2D eigenvalue weighted by atomic mass is 10.1. The molecule has 0 aliphatic carbocycles. The van der Waals surface area contributed by atoms with E-state index in [2.05, 4.69) is 20.6 Å². The van der Waals surface area contributed by atoms with Crippen molar-refractivity contribution in [2.75, 3.05) is 6.54 Å². The monoisotopic (exact) mass is 359 g/mol. The summed E-state index contributed by atoms with van der Waals surface area (Å²) in [4.78, 5) is 23.4. The maximum atomic E-state index is 12.9. The standard InChI is InChI=1S/C15H20F3N5O2/c1-8(7-23-12(15(16,17)18)4-9(2)22-23)6-19-13(24)5-11-10(3)20-21-14(11)25/h4,8H,5-7H2,1-3H3,(H,19,24)(H2,20,21,25). The molecule has 1 unspecified atom stereocenters. The van der Waals surface area contributed by atoms with Crippen LogP contribution < -0.4 is 10.9 Å². The van der Waals surface area contributed by atoms with Crippen LogP contribution in [0.3, 0.4) is 0 Å². The van der Waals surface area contributed by atoms with Crippen LogP contribution in [0, 0.1) is 19.8 Å². The van der Waals surface area contributed by atoms with Crippen LogP contribution in [0.1, 0.15) is 29.6 Å². The van der Waals surface area contributed by atoms with Gasteiger partial charge in [-0.15, -0.1) is 0 Å². The summed E-state index contributed by atoms with van der Waals surface area (Å²) in [6.07, 6.45) is -4.57. The van der Waals surface area contributed by atoms with E-state index in [0.29, 0.717) is 11.3 Å². The van der Waals surface area contributed by atoms with Gasteiger partial charge in [-0.1, -0.05) is 6.92 Å². The Morgan fingerprint density at radius 3 is 2.60 bits per heavy atom. The molecule has 7 nitrogen and oxygen atoms in total. The zero-order valence-corrected chi connectivity index (χ0v) is 14.1. The minimum Gasteiger partial charge on any atom is -0.355 e. The van der Waals surface area contributed by atoms with Gasteiger partial charge in [-0.3, -0.25) is 19.4 Å². The van der Waals surface area contributed by atoms with Gasteiger partial charge in [0.15, 0.2) is 0 Å². The second kappa shape index (κ2) is 7.16. The number of amides is 1. The van der Waals surface area contributed by atoms with E-state index in [1.807, 2.05) is 0 Å². The zero-order chi connectivity index (χ0) is 18.8. The molecule has 2 rings (SSSR count). The normalized spacial score (nSPS) is 13.0. The summed E-state index contributed by atoms with van der Waals surface area (Å²) >= 11 is 0. The third-order valence-corrected chi connectivity index (χ3v) is 3.75. The van der Waals surface area contributed by atoms with Gasteiger partial charge in [0.05, 0.1) is 12.1 Å². The van der Waals surface area contributed by atoms with E-state index in [4.69, 9.17) is 0 Å². The van der Waals surface area contributed by atoms with E-state index in [9.17, 15) is 22.8 Å². The average Bonchev–Trinajstić information content (AvgIpc) is 3.02. The highest BCUT2D eigenvalue weighted by Gasteiger charge is 2.35. The van der Waals surface area contributed by atoms with Crippen LogP contribution in [0.25, 0.3) is 0 Å². The van der Waals surface area contributed by atoms with E-state index < -0.39 is 11.9 Å². The third kappa shape index (κ3) is 4.74. The minimum atomic E-state index is -4.48. The van der Waals surface area contributed by atoms with E-state index in [1.165, 1.54) is 6.92 Å². The number of rotatable bonds is 6. The largest absolute Gasteiger partial charge is 0.433 e. The minimum absolute atomic E-state index is 0.0206. The van der Waals surface area contributed by atoms with Gasteiger partial charge in [-0.05, 0) is 25.8 Å². The Labute approximate surface area is 141 Å². The lowest BCUT2D eigenvalue weighted by Gasteiger charge is -2.16. The number of aromatic amines is 2. The predicted octanol–water partition coefficient (Wildman–Crippen LogP) is 1.53. The lowest BCUT2D eigenvalue weighted by molar-refractivity contribution is -0.144. The van der Waals surface area contributed by atoms with E-state index in [0.717, 1.165) is 10.7 Å². The van der Waals surface area contributed by atoms with Gasteiger partial charge in [0, 0.05) is 24.3 Å². The molecule has 0 spiro atoms. The number of aryl methyl sites for hydroxylation is 2. The number of halogens is 3. The first-order chi connectivity index (χ1) is 11.6. The number of nitrogens with zero attached hydrogens (tertiary/aromatic N) is 2. The molecular formula is C15H20F3N5O2. The van der Waals surface area contributed by atoms with Crippen LogP contribution in [0.2, 0.25) is 0 Å². The van der Waals surface area contributed by atoms with Crippen molar-refractivity contribution in [2.24, 2.45) is 5.92 Å². The van der Waals surface area contributed by atoms with Crippen LogP contribution in [0.4, 0.5) is 13.2 Å². The molecule has 25 heavy (non-hydrogen) atoms. The van der Waals surface area contributed by atoms with Gasteiger partial charge in [-0.25, -0.2) is 0 Å². The molecule has 2 aromatic rings. The highest BCUT2D eigenvalue weighted by atomic mass is 19.4. The summed E-state index contributed by atoms with van der Waals surface area (Å²) in [7, 11) is 0. The summed E-state index contributed by atoms with van der Waals surface area (Å²) < 4.78 is 39.8. The third-order valence-electron chi connectivity index (χ3n) is 3.75. The molecule has 0 aliphatic heterocycles. The van der Waals surface area contributed by atoms with Crippen molar-refractivity contribution in [3.05, 3.63) is 39.1 Å². The van der Waals surface area contributed by atoms with Crippen molar-refractivity contribution in [2.45, 2.75) is 39.9 Å². The van der Waals surface area contributed by atoms with Gasteiger partial charge < -0.3 is 10.4 Å². The molecule has 2 heterocycles. The first-order valence-corrected chi connectivity index (χ1v) is 7.72. The van der Waals surface area contributed by atoms with Gasteiger partial charge >= 0.3 is 6.18 Å². The number of hydrogen-bond donors (Lipinski definition) is 3. The molecule has 0 aromatic carbocycles. The fraction of sp³-hybridized carbons (Fsp3) is 0.533. The Hall–Kier alpha value is -2.52. The second-order valence-electron chi connectivity index (χ2n) is 6.12. The number of carbonyl (C=O) groups excluding carboxylic acids is 1. The van der Waals surface area contributed by atoms with E-state index in [1.54, 1.807) is 13.8 Å². The Kier molecular flexibility index (Phi) is 5.39. The predicted molar refractivity (Wildman–Crippen MR) is 84.0 cm³/mol. The molecule has 0 bridgehead atoms. The molecule has 0 aliphatic rings. The van der Waals surface area contributed by atoms with Crippen LogP contribution in [-0.4, -0.2) is 32.4 Å². The molecule has 0 saturated heterocycles. The SMILES string of the molecule is Cc1cc(C(F)(F)F)n(CC(C)CNC(=O)Cc2c(C)[nH][nH]c2=O)n1. The highest BCUT2D eigenvalue weighted by molar-refractivity contribution is 5.78. The van der Waals surface area contributed by atoms with Crippen LogP contribution in [0.15, 0.2) is 10.9 Å². The zero-order valence-electron chi connectivity index (χ0n) is 14.1. The second-order valence-corrected chi connectivity index (χ2v) is 6.12. The molecule has 0 fully saturated rings. The smallest absolute Gasteiger partial charge is 0.355 e. The first-order valence-electron chi connectivity index (χ1n) is 7.72. The van der Waals surface area contributed by atoms with Gasteiger partial charge in [0.2, 0.25) is 5.91 Å². The molecule has 1 amide bonds. The Bertz CT molecular complexity index is 803. The maximum Gasteiger partial charge on any atom is 0.433 e. The lowest BCUT2D eigenvalue weighted by Crippen LogP contribution is -2.32. The summed E-state index contributed by atoms with van der Waals surface area (Å²) in [5, 5.41) is 11.5. The molecule has 0 saturated carbocycles. The molecule has 10 heteroatoms. The number of hydrogen-bond acceptors (Lipinski definition) is 3. The quantitative estimate of drug-likeness (QED) is 0.730. The van der Waals surface area contributed by atoms with Crippen molar-refractivity contribution in [1.82, 2.24) is 25.3 Å². The summed E-state index contributed by atoms with van der Waals surface area (Å²) in [5.74, 6) is -0.636. The highest BCUT2D eigenvalue weighted by Crippen LogP contribution is 2.30. The average molecular weight is 359 g/mol. The fourth-order valence-corrected chi connectivity index (χ4v) is 2.47. The van der Waals surface area contributed by atoms with Crippen molar-refractivity contribution in [1.29, 1.82) is 0 Å². The molecule has 138 valence electrons. The Morgan fingerprint density at radius 1 is 1.36 bits per heavy atom. The molecule has 3 N–H and O–H groups in total. The summed E-state index contributed by atoms with van der Waals surface area (Å²) in [6.45, 7) is 5.08. The number of alkyl halides is 3. The van der Waals surface area contributed by atoms with E-state index in [-0.39, 0.29) is 42.6 Å². The van der Waals surface area contributed by atoms with Gasteiger partial charge in [-0.2, -0.15) is 18.3 Å². The van der Waals surface area contributed by atoms with Crippen molar-refractivity contribution in [3.8, 4) is 0 Å². The number of H-pyrrole nitrogens is 2. The topological polar surface area (TPSA) is 95.6 Å². The number of nitrogens with one attached hydrogen (secondary N) is 3. The number of carbonyl (C=O) groups is 1. The van der Waals surface area contributed by atoms with Crippen molar-refractivity contribution >= 4 is 5.91 Å². The molecular weight excluding hydrogens is 339 g/mol. The van der Waals surface area contributed by atoms with E-state index >= 15 is 0 Å². The van der Waals surface area contributed by atoms with Crippen molar-refractivity contribution < 1.29 is 18.0 Å². The number of aromatic nitrogens is 4. The molecule has 2 aromatic heterocycles. The summed E-state index contributed by atoms with van der Waals surface area (Å²) in [5.41, 5.74) is 0.0353. The molecule has 1 atom stereocenters. The summed E-state index contributed by atoms with van der Waals surface area (Å²) in [6, 6.07) is 0.992. The van der Waals surface area contributed by atoms with Crippen LogP contribution in [-0.2, 0) is 23.9 Å². The van der Waals surface area contributed by atoms with Gasteiger partial charge in [0.25, 0.3) is 5.56 Å².